The van der Waals surface area contributed by atoms with E-state index < -0.39 is 5.97 Å². The molecule has 0 radical (unpaired) electrons. The van der Waals surface area contributed by atoms with Crippen LogP contribution in [0.25, 0.3) is 0 Å². The Labute approximate surface area is 175 Å². The number of hydrogen-bond acceptors (Lipinski definition) is 5. The zero-order chi connectivity index (χ0) is 21.1. The fraction of sp³-hybridized carbons (Fsp3) is 0.435. The summed E-state index contributed by atoms with van der Waals surface area (Å²) < 4.78 is 21.1. The van der Waals surface area contributed by atoms with E-state index in [-0.39, 0.29) is 36.7 Å². The number of nitrogens with two attached hydrogens (primary N) is 1. The SMILES string of the molecule is NCc1cccc(C2CC(COc3ccccc3CC(=O)O)CC3NNCC32)c1F. The van der Waals surface area contributed by atoms with Gasteiger partial charge in [0.05, 0.1) is 13.0 Å². The first-order valence-corrected chi connectivity index (χ1v) is 10.4. The van der Waals surface area contributed by atoms with Crippen LogP contribution in [-0.2, 0) is 17.8 Å². The number of carbonyl (C=O) groups is 1. The van der Waals surface area contributed by atoms with Gasteiger partial charge in [0, 0.05) is 30.3 Å². The van der Waals surface area contributed by atoms with Crippen molar-refractivity contribution in [3.8, 4) is 5.75 Å². The average molecular weight is 413 g/mol. The maximum Gasteiger partial charge on any atom is 0.307 e. The van der Waals surface area contributed by atoms with Crippen molar-refractivity contribution in [3.05, 3.63) is 65.0 Å². The van der Waals surface area contributed by atoms with E-state index in [1.54, 1.807) is 18.2 Å². The number of rotatable bonds is 7. The summed E-state index contributed by atoms with van der Waals surface area (Å²) in [5.74, 6) is 0.130. The van der Waals surface area contributed by atoms with E-state index in [4.69, 9.17) is 15.6 Å². The Morgan fingerprint density at radius 2 is 1.97 bits per heavy atom. The first-order valence-electron chi connectivity index (χ1n) is 10.4. The van der Waals surface area contributed by atoms with Gasteiger partial charge in [-0.15, -0.1) is 0 Å². The van der Waals surface area contributed by atoms with E-state index >= 15 is 4.39 Å². The number of benzene rings is 2. The molecule has 5 N–H and O–H groups in total. The van der Waals surface area contributed by atoms with Crippen molar-refractivity contribution in [1.82, 2.24) is 10.9 Å². The highest BCUT2D eigenvalue weighted by atomic mass is 19.1. The second-order valence-electron chi connectivity index (χ2n) is 8.25. The molecule has 2 aliphatic rings. The highest BCUT2D eigenvalue weighted by Crippen LogP contribution is 2.43. The van der Waals surface area contributed by atoms with Crippen LogP contribution < -0.4 is 21.3 Å². The predicted octanol–water partition coefficient (Wildman–Crippen LogP) is 2.58. The molecule has 7 heteroatoms. The molecule has 2 aromatic rings. The Hall–Kier alpha value is -2.48. The van der Waals surface area contributed by atoms with Gasteiger partial charge in [-0.2, -0.15) is 0 Å². The lowest BCUT2D eigenvalue weighted by atomic mass is 9.69. The molecule has 4 rings (SSSR count). The summed E-state index contributed by atoms with van der Waals surface area (Å²) in [5.41, 5.74) is 14.2. The maximum atomic E-state index is 15.1. The molecule has 4 atom stereocenters. The quantitative estimate of drug-likeness (QED) is 0.557. The van der Waals surface area contributed by atoms with Gasteiger partial charge in [0.2, 0.25) is 0 Å². The predicted molar refractivity (Wildman–Crippen MR) is 111 cm³/mol. The van der Waals surface area contributed by atoms with Crippen molar-refractivity contribution in [2.75, 3.05) is 13.2 Å². The van der Waals surface area contributed by atoms with Gasteiger partial charge in [-0.05, 0) is 42.2 Å². The molecule has 2 aromatic carbocycles. The third-order valence-electron chi connectivity index (χ3n) is 6.35. The van der Waals surface area contributed by atoms with Crippen LogP contribution in [0.1, 0.15) is 35.4 Å². The van der Waals surface area contributed by atoms with Crippen molar-refractivity contribution < 1.29 is 19.0 Å². The average Bonchev–Trinajstić information content (AvgIpc) is 3.21. The number of para-hydroxylation sites is 1. The van der Waals surface area contributed by atoms with Crippen molar-refractivity contribution in [2.45, 2.75) is 37.8 Å². The van der Waals surface area contributed by atoms with Crippen LogP contribution in [0, 0.1) is 17.7 Å². The van der Waals surface area contributed by atoms with Gasteiger partial charge in [0.15, 0.2) is 0 Å². The van der Waals surface area contributed by atoms with Gasteiger partial charge in [-0.3, -0.25) is 15.6 Å². The summed E-state index contributed by atoms with van der Waals surface area (Å²) in [7, 11) is 0. The molecule has 30 heavy (non-hydrogen) atoms. The third-order valence-corrected chi connectivity index (χ3v) is 6.35. The fourth-order valence-electron chi connectivity index (χ4n) is 4.90. The molecule has 6 nitrogen and oxygen atoms in total. The second kappa shape index (κ2) is 9.12. The number of halogens is 1. The van der Waals surface area contributed by atoms with Crippen LogP contribution in [0.5, 0.6) is 5.75 Å². The van der Waals surface area contributed by atoms with Gasteiger partial charge in [-0.25, -0.2) is 4.39 Å². The molecule has 0 spiro atoms. The highest BCUT2D eigenvalue weighted by molar-refractivity contribution is 5.71. The number of hydrogen-bond donors (Lipinski definition) is 4. The summed E-state index contributed by atoms with van der Waals surface area (Å²) in [6, 6.07) is 13.0. The van der Waals surface area contributed by atoms with Gasteiger partial charge in [0.1, 0.15) is 11.6 Å². The summed E-state index contributed by atoms with van der Waals surface area (Å²) in [6.07, 6.45) is 1.67. The number of aliphatic carboxylic acids is 1. The van der Waals surface area contributed by atoms with Gasteiger partial charge in [0.25, 0.3) is 0 Å². The molecule has 160 valence electrons. The van der Waals surface area contributed by atoms with Gasteiger partial charge >= 0.3 is 5.97 Å². The summed E-state index contributed by atoms with van der Waals surface area (Å²) in [6.45, 7) is 1.46. The monoisotopic (exact) mass is 413 g/mol. The minimum absolute atomic E-state index is 0.0700. The summed E-state index contributed by atoms with van der Waals surface area (Å²) >= 11 is 0. The minimum Gasteiger partial charge on any atom is -0.493 e. The normalized spacial score (nSPS) is 25.7. The van der Waals surface area contributed by atoms with E-state index in [1.807, 2.05) is 24.3 Å². The maximum absolute atomic E-state index is 15.1. The van der Waals surface area contributed by atoms with Crippen LogP contribution in [-0.4, -0.2) is 30.3 Å². The first-order chi connectivity index (χ1) is 14.6. The van der Waals surface area contributed by atoms with E-state index in [2.05, 4.69) is 10.9 Å². The van der Waals surface area contributed by atoms with Crippen molar-refractivity contribution in [2.24, 2.45) is 17.6 Å². The largest absolute Gasteiger partial charge is 0.493 e. The Morgan fingerprint density at radius 3 is 2.77 bits per heavy atom. The van der Waals surface area contributed by atoms with Crippen LogP contribution in [0.2, 0.25) is 0 Å². The molecule has 1 heterocycles. The first kappa shape index (κ1) is 20.8. The molecule has 1 aliphatic carbocycles. The zero-order valence-corrected chi connectivity index (χ0v) is 16.8. The smallest absolute Gasteiger partial charge is 0.307 e. The van der Waals surface area contributed by atoms with Crippen LogP contribution in [0.4, 0.5) is 4.39 Å². The Balaban J connectivity index is 1.52. The fourth-order valence-corrected chi connectivity index (χ4v) is 4.90. The standard InChI is InChI=1S/C23H28FN3O3/c24-23-16(11-25)5-3-6-17(23)18-8-14(9-20-19(18)12-26-27-20)13-30-21-7-2-1-4-15(21)10-22(28)29/h1-7,14,18-20,26-27H,8-13,25H2,(H,28,29). The molecule has 1 aliphatic heterocycles. The molecule has 0 aromatic heterocycles. The number of nitrogens with one attached hydrogen (secondary N) is 2. The molecule has 1 saturated carbocycles. The molecule has 0 bridgehead atoms. The lowest BCUT2D eigenvalue weighted by molar-refractivity contribution is -0.136. The number of fused-ring (bicyclic) bond motifs is 1. The van der Waals surface area contributed by atoms with E-state index in [1.165, 1.54) is 0 Å². The number of hydrazine groups is 1. The van der Waals surface area contributed by atoms with Crippen molar-refractivity contribution >= 4 is 5.97 Å². The van der Waals surface area contributed by atoms with E-state index in [9.17, 15) is 4.79 Å². The number of carboxylic acids is 1. The van der Waals surface area contributed by atoms with Gasteiger partial charge in [-0.1, -0.05) is 36.4 Å². The molecular formula is C23H28FN3O3. The topological polar surface area (TPSA) is 96.6 Å². The summed E-state index contributed by atoms with van der Waals surface area (Å²) in [5, 5.41) is 9.13. The molecule has 4 unspecified atom stereocenters. The number of carboxylic acid groups (broad SMARTS) is 1. The summed E-state index contributed by atoms with van der Waals surface area (Å²) in [4.78, 5) is 11.1. The van der Waals surface area contributed by atoms with Crippen LogP contribution in [0.15, 0.2) is 42.5 Å². The van der Waals surface area contributed by atoms with E-state index in [0.29, 0.717) is 29.4 Å². The van der Waals surface area contributed by atoms with E-state index in [0.717, 1.165) is 24.9 Å². The zero-order valence-electron chi connectivity index (χ0n) is 16.8. The van der Waals surface area contributed by atoms with Crippen molar-refractivity contribution in [1.29, 1.82) is 0 Å². The molecule has 2 fully saturated rings. The van der Waals surface area contributed by atoms with Gasteiger partial charge < -0.3 is 15.6 Å². The lowest BCUT2D eigenvalue weighted by Crippen LogP contribution is -2.41. The number of ether oxygens (including phenoxy) is 1. The third kappa shape index (κ3) is 4.33. The Kier molecular flexibility index (Phi) is 6.32. The second-order valence-corrected chi connectivity index (χ2v) is 8.25. The molecule has 0 amide bonds. The molecular weight excluding hydrogens is 385 g/mol. The Morgan fingerprint density at radius 1 is 1.17 bits per heavy atom. The van der Waals surface area contributed by atoms with Crippen LogP contribution >= 0.6 is 0 Å². The lowest BCUT2D eigenvalue weighted by Gasteiger charge is -2.38. The molecule has 1 saturated heterocycles. The minimum atomic E-state index is -0.886. The Bertz CT molecular complexity index is 907. The van der Waals surface area contributed by atoms with Crippen molar-refractivity contribution in [3.63, 3.8) is 0 Å². The van der Waals surface area contributed by atoms with Crippen LogP contribution in [0.3, 0.4) is 0 Å². The highest BCUT2D eigenvalue weighted by Gasteiger charge is 2.42.